The molecule has 8 nitrogen and oxygen atoms in total. The SMILES string of the molecule is C[C@]12C=CCN(c3ccccc3)C(=O)[C@H]1[C@H]1C(=O)N([C@H](CO)c3ccccc3)C3C(=O)N(Cc4ccccc4)CC=C[C@@]31O2. The van der Waals surface area contributed by atoms with Gasteiger partial charge in [-0.05, 0) is 30.2 Å². The fourth-order valence-electron chi connectivity index (χ4n) is 7.66. The van der Waals surface area contributed by atoms with Crippen molar-refractivity contribution >= 4 is 23.4 Å². The first-order chi connectivity index (χ1) is 21.4. The van der Waals surface area contributed by atoms with E-state index in [-0.39, 0.29) is 17.7 Å². The second-order valence-corrected chi connectivity index (χ2v) is 12.1. The van der Waals surface area contributed by atoms with E-state index < -0.39 is 41.7 Å². The molecule has 4 aliphatic heterocycles. The van der Waals surface area contributed by atoms with Crippen LogP contribution in [0.25, 0.3) is 0 Å². The minimum atomic E-state index is -1.42. The molecule has 0 radical (unpaired) electrons. The number of fused-ring (bicyclic) bond motifs is 2. The van der Waals surface area contributed by atoms with Crippen molar-refractivity contribution in [1.82, 2.24) is 9.80 Å². The van der Waals surface area contributed by atoms with Crippen LogP contribution in [0.1, 0.15) is 24.1 Å². The van der Waals surface area contributed by atoms with Gasteiger partial charge in [-0.3, -0.25) is 14.4 Å². The van der Waals surface area contributed by atoms with E-state index in [9.17, 15) is 19.5 Å². The molecule has 4 heterocycles. The average Bonchev–Trinajstić information content (AvgIpc) is 3.32. The summed E-state index contributed by atoms with van der Waals surface area (Å²) in [7, 11) is 0. The smallest absolute Gasteiger partial charge is 0.249 e. The topological polar surface area (TPSA) is 90.4 Å². The summed E-state index contributed by atoms with van der Waals surface area (Å²) in [4.78, 5) is 49.1. The lowest BCUT2D eigenvalue weighted by atomic mass is 9.74. The molecule has 1 spiro atoms. The summed E-state index contributed by atoms with van der Waals surface area (Å²) < 4.78 is 6.97. The predicted molar refractivity (Wildman–Crippen MR) is 165 cm³/mol. The van der Waals surface area contributed by atoms with E-state index in [1.54, 1.807) is 9.80 Å². The second-order valence-electron chi connectivity index (χ2n) is 12.1. The van der Waals surface area contributed by atoms with Gasteiger partial charge in [-0.25, -0.2) is 0 Å². The van der Waals surface area contributed by atoms with Crippen LogP contribution in [0.2, 0.25) is 0 Å². The Morgan fingerprint density at radius 3 is 2.11 bits per heavy atom. The van der Waals surface area contributed by atoms with Crippen molar-refractivity contribution in [2.24, 2.45) is 11.8 Å². The Kier molecular flexibility index (Phi) is 6.98. The van der Waals surface area contributed by atoms with Crippen molar-refractivity contribution in [3.05, 3.63) is 126 Å². The van der Waals surface area contributed by atoms with E-state index in [4.69, 9.17) is 4.74 Å². The largest absolute Gasteiger partial charge is 0.394 e. The molecule has 0 saturated carbocycles. The van der Waals surface area contributed by atoms with Crippen LogP contribution >= 0.6 is 0 Å². The lowest BCUT2D eigenvalue weighted by Crippen LogP contribution is -2.56. The Balaban J connectivity index is 1.37. The highest BCUT2D eigenvalue weighted by Crippen LogP contribution is 2.59. The third kappa shape index (κ3) is 4.31. The number of hydrogen-bond donors (Lipinski definition) is 1. The van der Waals surface area contributed by atoms with Gasteiger partial charge in [0.1, 0.15) is 11.6 Å². The van der Waals surface area contributed by atoms with Gasteiger partial charge in [-0.1, -0.05) is 103 Å². The van der Waals surface area contributed by atoms with Gasteiger partial charge < -0.3 is 24.5 Å². The molecule has 3 aromatic rings. The Hall–Kier alpha value is -4.53. The maximum absolute atomic E-state index is 14.9. The number of hydrogen-bond acceptors (Lipinski definition) is 5. The monoisotopic (exact) mass is 589 g/mol. The van der Waals surface area contributed by atoms with E-state index in [2.05, 4.69) is 0 Å². The zero-order valence-corrected chi connectivity index (χ0v) is 24.5. The van der Waals surface area contributed by atoms with Gasteiger partial charge in [0.05, 0.1) is 30.1 Å². The van der Waals surface area contributed by atoms with E-state index in [0.717, 1.165) is 11.3 Å². The molecule has 6 atom stereocenters. The molecule has 3 aromatic carbocycles. The van der Waals surface area contributed by atoms with Crippen LogP contribution in [0.5, 0.6) is 0 Å². The summed E-state index contributed by atoms with van der Waals surface area (Å²) in [6.07, 6.45) is 7.52. The van der Waals surface area contributed by atoms with Gasteiger partial charge in [-0.2, -0.15) is 0 Å². The molecule has 0 aromatic heterocycles. The van der Waals surface area contributed by atoms with Gasteiger partial charge in [0.2, 0.25) is 17.7 Å². The summed E-state index contributed by atoms with van der Waals surface area (Å²) in [5.41, 5.74) is -0.159. The number of nitrogens with zero attached hydrogens (tertiary/aromatic N) is 3. The third-order valence-corrected chi connectivity index (χ3v) is 9.56. The van der Waals surface area contributed by atoms with Crippen molar-refractivity contribution in [3.8, 4) is 0 Å². The van der Waals surface area contributed by atoms with Gasteiger partial charge in [0.25, 0.3) is 0 Å². The van der Waals surface area contributed by atoms with Crippen molar-refractivity contribution in [3.63, 3.8) is 0 Å². The molecule has 224 valence electrons. The predicted octanol–water partition coefficient (Wildman–Crippen LogP) is 3.89. The molecule has 1 N–H and O–H groups in total. The summed E-state index contributed by atoms with van der Waals surface area (Å²) in [5.74, 6) is -2.75. The number of anilines is 1. The number of benzene rings is 3. The lowest BCUT2D eigenvalue weighted by molar-refractivity contribution is -0.154. The van der Waals surface area contributed by atoms with Gasteiger partial charge >= 0.3 is 0 Å². The molecule has 8 heteroatoms. The normalized spacial score (nSPS) is 30.1. The highest BCUT2D eigenvalue weighted by atomic mass is 16.5. The molecule has 4 aliphatic rings. The molecular formula is C36H35N3O5. The van der Waals surface area contributed by atoms with Crippen LogP contribution < -0.4 is 4.90 Å². The molecule has 1 unspecified atom stereocenters. The number of amides is 3. The highest BCUT2D eigenvalue weighted by Gasteiger charge is 2.75. The van der Waals surface area contributed by atoms with Crippen LogP contribution in [-0.2, 0) is 25.7 Å². The fourth-order valence-corrected chi connectivity index (χ4v) is 7.66. The minimum absolute atomic E-state index is 0.231. The number of carbonyl (C=O) groups is 3. The molecule has 0 aliphatic carbocycles. The number of ether oxygens (including phenoxy) is 1. The van der Waals surface area contributed by atoms with Crippen molar-refractivity contribution < 1.29 is 24.2 Å². The van der Waals surface area contributed by atoms with E-state index in [0.29, 0.717) is 25.2 Å². The number of para-hydroxylation sites is 1. The molecular weight excluding hydrogens is 554 g/mol. The van der Waals surface area contributed by atoms with Gasteiger partial charge in [0.15, 0.2) is 0 Å². The standard InChI is InChI=1S/C36H35N3O5/c1-35-19-11-22-38(27-17-9-4-10-18-27)32(41)29(35)30-33(42)39(28(24-40)26-15-7-3-8-16-26)31-34(43)37(21-12-20-36(30,31)44-35)23-25-13-5-2-6-14-25/h2-20,28-31,40H,21-24H2,1H3/t28-,29-,30+,31?,35+,36+/m1/s1. The Labute approximate surface area is 256 Å². The number of aliphatic hydroxyl groups excluding tert-OH is 1. The quantitative estimate of drug-likeness (QED) is 0.441. The van der Waals surface area contributed by atoms with Crippen LogP contribution in [0.15, 0.2) is 115 Å². The van der Waals surface area contributed by atoms with E-state index >= 15 is 0 Å². The summed E-state index contributed by atoms with van der Waals surface area (Å²) >= 11 is 0. The van der Waals surface area contributed by atoms with Crippen LogP contribution in [0.4, 0.5) is 5.69 Å². The maximum atomic E-state index is 14.9. The fraction of sp³-hybridized carbons (Fsp3) is 0.306. The van der Waals surface area contributed by atoms with Gasteiger partial charge in [-0.15, -0.1) is 0 Å². The van der Waals surface area contributed by atoms with Crippen LogP contribution in [0, 0.1) is 11.8 Å². The first-order valence-electron chi connectivity index (χ1n) is 15.1. The van der Waals surface area contributed by atoms with Crippen molar-refractivity contribution in [2.45, 2.75) is 36.8 Å². The van der Waals surface area contributed by atoms with Crippen molar-refractivity contribution in [2.75, 3.05) is 24.6 Å². The Bertz CT molecular complexity index is 1630. The lowest BCUT2D eigenvalue weighted by Gasteiger charge is -2.40. The minimum Gasteiger partial charge on any atom is -0.394 e. The first-order valence-corrected chi connectivity index (χ1v) is 15.1. The molecule has 0 bridgehead atoms. The number of likely N-dealkylation sites (tertiary alicyclic amines) is 1. The number of carbonyl (C=O) groups excluding carboxylic acids is 3. The van der Waals surface area contributed by atoms with Crippen LogP contribution in [-0.4, -0.2) is 69.6 Å². The first kappa shape index (κ1) is 28.3. The summed E-state index contributed by atoms with van der Waals surface area (Å²) in [5, 5.41) is 10.8. The zero-order valence-electron chi connectivity index (χ0n) is 24.5. The van der Waals surface area contributed by atoms with E-state index in [1.807, 2.05) is 122 Å². The molecule has 2 fully saturated rings. The number of aliphatic hydroxyl groups is 1. The van der Waals surface area contributed by atoms with Crippen LogP contribution in [0.3, 0.4) is 0 Å². The molecule has 3 amide bonds. The van der Waals surface area contributed by atoms with Crippen molar-refractivity contribution in [1.29, 1.82) is 0 Å². The second kappa shape index (κ2) is 10.9. The summed E-state index contributed by atoms with van der Waals surface area (Å²) in [6.45, 7) is 2.45. The average molecular weight is 590 g/mol. The zero-order chi connectivity index (χ0) is 30.5. The molecule has 44 heavy (non-hydrogen) atoms. The van der Waals surface area contributed by atoms with Gasteiger partial charge in [0, 0.05) is 25.3 Å². The maximum Gasteiger partial charge on any atom is 0.249 e. The Morgan fingerprint density at radius 2 is 1.43 bits per heavy atom. The third-order valence-electron chi connectivity index (χ3n) is 9.56. The highest BCUT2D eigenvalue weighted by molar-refractivity contribution is 6.04. The summed E-state index contributed by atoms with van der Waals surface area (Å²) in [6, 6.07) is 26.5. The van der Waals surface area contributed by atoms with E-state index in [1.165, 1.54) is 4.90 Å². The molecule has 7 rings (SSSR count). The number of rotatable bonds is 6. The Morgan fingerprint density at radius 1 is 0.795 bits per heavy atom. The molecule has 2 saturated heterocycles.